The first-order chi connectivity index (χ1) is 8.66. The first kappa shape index (κ1) is 12.4. The number of cyclic esters (lactones) is 1. The number of carbonyl (C=O) groups excluding carboxylic acids is 2. The van der Waals surface area contributed by atoms with Gasteiger partial charge in [-0.25, -0.2) is 4.79 Å². The fourth-order valence-corrected chi connectivity index (χ4v) is 1.80. The Balaban J connectivity index is 1.82. The van der Waals surface area contributed by atoms with Crippen molar-refractivity contribution < 1.29 is 14.3 Å². The van der Waals surface area contributed by atoms with Crippen molar-refractivity contribution in [2.45, 2.75) is 13.5 Å². The number of hydrogen-bond donors (Lipinski definition) is 1. The van der Waals surface area contributed by atoms with Gasteiger partial charge in [-0.1, -0.05) is 24.3 Å². The van der Waals surface area contributed by atoms with Crippen molar-refractivity contribution in [3.05, 3.63) is 35.4 Å². The van der Waals surface area contributed by atoms with Gasteiger partial charge >= 0.3 is 6.09 Å². The second kappa shape index (κ2) is 5.53. The second-order valence-corrected chi connectivity index (χ2v) is 4.24. The predicted molar refractivity (Wildman–Crippen MR) is 65.9 cm³/mol. The molecular weight excluding hydrogens is 232 g/mol. The molecule has 1 aromatic rings. The molecule has 0 aliphatic carbocycles. The van der Waals surface area contributed by atoms with E-state index in [-0.39, 0.29) is 12.5 Å². The van der Waals surface area contributed by atoms with Crippen molar-refractivity contribution in [2.24, 2.45) is 0 Å². The summed E-state index contributed by atoms with van der Waals surface area (Å²) in [6.07, 6.45) is -0.416. The van der Waals surface area contributed by atoms with E-state index in [1.807, 2.05) is 31.2 Å². The van der Waals surface area contributed by atoms with E-state index in [4.69, 9.17) is 4.74 Å². The lowest BCUT2D eigenvalue weighted by Gasteiger charge is -2.13. The molecule has 1 fully saturated rings. The molecule has 0 radical (unpaired) electrons. The molecule has 1 aliphatic heterocycles. The quantitative estimate of drug-likeness (QED) is 0.867. The van der Waals surface area contributed by atoms with Gasteiger partial charge in [-0.2, -0.15) is 0 Å². The van der Waals surface area contributed by atoms with Crippen molar-refractivity contribution >= 4 is 12.0 Å². The van der Waals surface area contributed by atoms with Crippen molar-refractivity contribution in [3.63, 3.8) is 0 Å². The Kier molecular flexibility index (Phi) is 3.82. The molecule has 0 bridgehead atoms. The summed E-state index contributed by atoms with van der Waals surface area (Å²) in [5.74, 6) is -0.169. The summed E-state index contributed by atoms with van der Waals surface area (Å²) < 4.78 is 4.76. The zero-order valence-corrected chi connectivity index (χ0v) is 10.3. The molecular formula is C13H16N2O3. The highest BCUT2D eigenvalue weighted by atomic mass is 16.6. The third kappa shape index (κ3) is 3.00. The summed E-state index contributed by atoms with van der Waals surface area (Å²) in [7, 11) is 0. The van der Waals surface area contributed by atoms with Gasteiger partial charge in [0.15, 0.2) is 0 Å². The summed E-state index contributed by atoms with van der Waals surface area (Å²) in [5, 5.41) is 2.80. The third-order valence-corrected chi connectivity index (χ3v) is 2.92. The Bertz CT molecular complexity index is 459. The SMILES string of the molecule is Cc1ccccc1CNC(=O)CN1CCOC1=O. The highest BCUT2D eigenvalue weighted by molar-refractivity contribution is 5.82. The molecule has 2 rings (SSSR count). The maximum absolute atomic E-state index is 11.7. The molecule has 0 atom stereocenters. The van der Waals surface area contributed by atoms with Gasteiger partial charge in [-0.3, -0.25) is 9.69 Å². The van der Waals surface area contributed by atoms with Crippen LogP contribution in [0.15, 0.2) is 24.3 Å². The molecule has 96 valence electrons. The van der Waals surface area contributed by atoms with Crippen LogP contribution in [0.5, 0.6) is 0 Å². The number of rotatable bonds is 4. The number of nitrogens with zero attached hydrogens (tertiary/aromatic N) is 1. The minimum atomic E-state index is -0.416. The average Bonchev–Trinajstić information content (AvgIpc) is 2.74. The van der Waals surface area contributed by atoms with E-state index < -0.39 is 6.09 Å². The van der Waals surface area contributed by atoms with Gasteiger partial charge in [-0.15, -0.1) is 0 Å². The molecule has 1 saturated heterocycles. The molecule has 1 aromatic carbocycles. The molecule has 5 nitrogen and oxygen atoms in total. The van der Waals surface area contributed by atoms with Crippen LogP contribution in [0.4, 0.5) is 4.79 Å². The molecule has 0 spiro atoms. The maximum atomic E-state index is 11.7. The molecule has 1 N–H and O–H groups in total. The highest BCUT2D eigenvalue weighted by Crippen LogP contribution is 2.06. The van der Waals surface area contributed by atoms with Crippen LogP contribution in [0.25, 0.3) is 0 Å². The van der Waals surface area contributed by atoms with Crippen LogP contribution in [0.1, 0.15) is 11.1 Å². The number of amides is 2. The number of aryl methyl sites for hydroxylation is 1. The zero-order valence-electron chi connectivity index (χ0n) is 10.3. The van der Waals surface area contributed by atoms with E-state index in [1.54, 1.807) is 0 Å². The Morgan fingerprint density at radius 2 is 2.22 bits per heavy atom. The van der Waals surface area contributed by atoms with E-state index >= 15 is 0 Å². The highest BCUT2D eigenvalue weighted by Gasteiger charge is 2.23. The van der Waals surface area contributed by atoms with Crippen molar-refractivity contribution in [3.8, 4) is 0 Å². The third-order valence-electron chi connectivity index (χ3n) is 2.92. The summed E-state index contributed by atoms with van der Waals surface area (Å²) in [5.41, 5.74) is 2.22. The fourth-order valence-electron chi connectivity index (χ4n) is 1.80. The van der Waals surface area contributed by atoms with Gasteiger partial charge < -0.3 is 10.1 Å². The Hall–Kier alpha value is -2.04. The molecule has 0 saturated carbocycles. The van der Waals surface area contributed by atoms with Crippen LogP contribution in [-0.2, 0) is 16.1 Å². The van der Waals surface area contributed by atoms with Gasteiger partial charge in [0.1, 0.15) is 13.2 Å². The zero-order chi connectivity index (χ0) is 13.0. The van der Waals surface area contributed by atoms with E-state index in [1.165, 1.54) is 4.90 Å². The summed E-state index contributed by atoms with van der Waals surface area (Å²) in [6.45, 7) is 3.39. The number of nitrogens with one attached hydrogen (secondary N) is 1. The maximum Gasteiger partial charge on any atom is 0.410 e. The normalized spacial score (nSPS) is 14.5. The fraction of sp³-hybridized carbons (Fsp3) is 0.385. The van der Waals surface area contributed by atoms with Crippen LogP contribution in [-0.4, -0.2) is 36.6 Å². The minimum absolute atomic E-state index is 0.0602. The van der Waals surface area contributed by atoms with Crippen LogP contribution in [0.3, 0.4) is 0 Å². The van der Waals surface area contributed by atoms with Crippen LogP contribution in [0.2, 0.25) is 0 Å². The topological polar surface area (TPSA) is 58.6 Å². The first-order valence-corrected chi connectivity index (χ1v) is 5.90. The molecule has 1 heterocycles. The lowest BCUT2D eigenvalue weighted by molar-refractivity contribution is -0.121. The van der Waals surface area contributed by atoms with E-state index in [9.17, 15) is 9.59 Å². The van der Waals surface area contributed by atoms with Gasteiger partial charge in [-0.05, 0) is 18.1 Å². The van der Waals surface area contributed by atoms with Crippen molar-refractivity contribution in [2.75, 3.05) is 19.7 Å². The van der Waals surface area contributed by atoms with E-state index in [0.29, 0.717) is 19.7 Å². The van der Waals surface area contributed by atoms with E-state index in [2.05, 4.69) is 5.32 Å². The van der Waals surface area contributed by atoms with Gasteiger partial charge in [0.2, 0.25) is 5.91 Å². The summed E-state index contributed by atoms with van der Waals surface area (Å²) in [6, 6.07) is 7.87. The molecule has 1 aliphatic rings. The molecule has 0 unspecified atom stereocenters. The van der Waals surface area contributed by atoms with Crippen LogP contribution < -0.4 is 5.32 Å². The lowest BCUT2D eigenvalue weighted by atomic mass is 10.1. The largest absolute Gasteiger partial charge is 0.448 e. The number of carbonyl (C=O) groups is 2. The summed E-state index contributed by atoms with van der Waals surface area (Å²) in [4.78, 5) is 24.2. The van der Waals surface area contributed by atoms with Gasteiger partial charge in [0, 0.05) is 6.54 Å². The Labute approximate surface area is 106 Å². The van der Waals surface area contributed by atoms with Crippen LogP contribution in [0, 0.1) is 6.92 Å². The first-order valence-electron chi connectivity index (χ1n) is 5.90. The molecule has 5 heteroatoms. The van der Waals surface area contributed by atoms with Gasteiger partial charge in [0.05, 0.1) is 6.54 Å². The number of ether oxygens (including phenoxy) is 1. The molecule has 2 amide bonds. The van der Waals surface area contributed by atoms with Gasteiger partial charge in [0.25, 0.3) is 0 Å². The van der Waals surface area contributed by atoms with Crippen molar-refractivity contribution in [1.29, 1.82) is 0 Å². The summed E-state index contributed by atoms with van der Waals surface area (Å²) >= 11 is 0. The van der Waals surface area contributed by atoms with E-state index in [0.717, 1.165) is 11.1 Å². The molecule has 18 heavy (non-hydrogen) atoms. The van der Waals surface area contributed by atoms with Crippen molar-refractivity contribution in [1.82, 2.24) is 10.2 Å². The Morgan fingerprint density at radius 1 is 1.44 bits per heavy atom. The molecule has 0 aromatic heterocycles. The average molecular weight is 248 g/mol. The standard InChI is InChI=1S/C13H16N2O3/c1-10-4-2-3-5-11(10)8-14-12(16)9-15-6-7-18-13(15)17/h2-5H,6-9H2,1H3,(H,14,16). The lowest BCUT2D eigenvalue weighted by Crippen LogP contribution is -2.37. The smallest absolute Gasteiger partial charge is 0.410 e. The predicted octanol–water partition coefficient (Wildman–Crippen LogP) is 1.06. The number of hydrogen-bond acceptors (Lipinski definition) is 3. The van der Waals surface area contributed by atoms with Crippen LogP contribution >= 0.6 is 0 Å². The minimum Gasteiger partial charge on any atom is -0.448 e. The monoisotopic (exact) mass is 248 g/mol. The number of benzene rings is 1. The Morgan fingerprint density at radius 3 is 2.89 bits per heavy atom. The second-order valence-electron chi connectivity index (χ2n) is 4.24.